The molecule has 27 heavy (non-hydrogen) atoms. The third-order valence-corrected chi connectivity index (χ3v) is 4.77. The molecule has 3 aromatic rings. The van der Waals surface area contributed by atoms with Crippen molar-refractivity contribution in [3.8, 4) is 16.9 Å². The fourth-order valence-corrected chi connectivity index (χ4v) is 3.08. The van der Waals surface area contributed by atoms with E-state index in [2.05, 4.69) is 42.6 Å². The second kappa shape index (κ2) is 8.80. The second-order valence-electron chi connectivity index (χ2n) is 6.61. The molecule has 0 amide bonds. The molecule has 0 radical (unpaired) electrons. The summed E-state index contributed by atoms with van der Waals surface area (Å²) in [4.78, 5) is 0. The SMILES string of the molecule is COc1ccccc1-c1ccc(C(C)NCC(N)c2ccc(F)cc2)cc1. The Morgan fingerprint density at radius 1 is 0.926 bits per heavy atom. The first kappa shape index (κ1) is 19.1. The summed E-state index contributed by atoms with van der Waals surface area (Å²) in [6.07, 6.45) is 0. The molecule has 0 aliphatic heterocycles. The molecule has 140 valence electrons. The van der Waals surface area contributed by atoms with Crippen molar-refractivity contribution in [2.75, 3.05) is 13.7 Å². The zero-order chi connectivity index (χ0) is 19.2. The Hall–Kier alpha value is -2.69. The highest BCUT2D eigenvalue weighted by Gasteiger charge is 2.11. The second-order valence-corrected chi connectivity index (χ2v) is 6.61. The molecule has 0 heterocycles. The van der Waals surface area contributed by atoms with Gasteiger partial charge in [-0.05, 0) is 41.8 Å². The van der Waals surface area contributed by atoms with E-state index >= 15 is 0 Å². The van der Waals surface area contributed by atoms with E-state index in [1.165, 1.54) is 17.7 Å². The number of benzene rings is 3. The summed E-state index contributed by atoms with van der Waals surface area (Å²) in [6, 6.07) is 22.7. The molecule has 0 saturated heterocycles. The monoisotopic (exact) mass is 364 g/mol. The van der Waals surface area contributed by atoms with Crippen molar-refractivity contribution in [1.29, 1.82) is 0 Å². The van der Waals surface area contributed by atoms with Crippen LogP contribution in [0.15, 0.2) is 72.8 Å². The van der Waals surface area contributed by atoms with Gasteiger partial charge in [0.2, 0.25) is 0 Å². The summed E-state index contributed by atoms with van der Waals surface area (Å²) < 4.78 is 18.5. The number of nitrogens with two attached hydrogens (primary N) is 1. The number of nitrogens with one attached hydrogen (secondary N) is 1. The highest BCUT2D eigenvalue weighted by atomic mass is 19.1. The fourth-order valence-electron chi connectivity index (χ4n) is 3.08. The van der Waals surface area contributed by atoms with Gasteiger partial charge >= 0.3 is 0 Å². The zero-order valence-corrected chi connectivity index (χ0v) is 15.7. The van der Waals surface area contributed by atoms with Crippen LogP contribution in [0.1, 0.15) is 30.1 Å². The smallest absolute Gasteiger partial charge is 0.126 e. The number of rotatable bonds is 7. The molecule has 3 aromatic carbocycles. The molecule has 0 aliphatic carbocycles. The van der Waals surface area contributed by atoms with Gasteiger partial charge < -0.3 is 15.8 Å². The van der Waals surface area contributed by atoms with Gasteiger partial charge in [-0.2, -0.15) is 0 Å². The summed E-state index contributed by atoms with van der Waals surface area (Å²) in [5.74, 6) is 0.615. The first-order chi connectivity index (χ1) is 13.1. The van der Waals surface area contributed by atoms with E-state index in [1.807, 2.05) is 18.2 Å². The molecule has 2 atom stereocenters. The number of halogens is 1. The van der Waals surface area contributed by atoms with E-state index in [4.69, 9.17) is 10.5 Å². The third-order valence-electron chi connectivity index (χ3n) is 4.77. The number of hydrogen-bond acceptors (Lipinski definition) is 3. The lowest BCUT2D eigenvalue weighted by Gasteiger charge is -2.19. The Morgan fingerprint density at radius 2 is 1.56 bits per heavy atom. The van der Waals surface area contributed by atoms with Crippen LogP contribution >= 0.6 is 0 Å². The highest BCUT2D eigenvalue weighted by Crippen LogP contribution is 2.30. The lowest BCUT2D eigenvalue weighted by Crippen LogP contribution is -2.29. The van der Waals surface area contributed by atoms with Gasteiger partial charge in [0.25, 0.3) is 0 Å². The van der Waals surface area contributed by atoms with Gasteiger partial charge in [-0.25, -0.2) is 4.39 Å². The van der Waals surface area contributed by atoms with Gasteiger partial charge in [-0.1, -0.05) is 54.6 Å². The van der Waals surface area contributed by atoms with E-state index in [0.29, 0.717) is 6.54 Å². The summed E-state index contributed by atoms with van der Waals surface area (Å²) in [5.41, 5.74) is 10.5. The van der Waals surface area contributed by atoms with Gasteiger partial charge in [0.15, 0.2) is 0 Å². The lowest BCUT2D eigenvalue weighted by molar-refractivity contribution is 0.416. The van der Waals surface area contributed by atoms with Crippen LogP contribution in [0.3, 0.4) is 0 Å². The molecule has 0 saturated carbocycles. The van der Waals surface area contributed by atoms with Gasteiger partial charge in [-0.15, -0.1) is 0 Å². The molecule has 2 unspecified atom stereocenters. The van der Waals surface area contributed by atoms with Crippen molar-refractivity contribution < 1.29 is 9.13 Å². The molecule has 3 rings (SSSR count). The van der Waals surface area contributed by atoms with E-state index in [1.54, 1.807) is 19.2 Å². The Morgan fingerprint density at radius 3 is 2.22 bits per heavy atom. The Balaban J connectivity index is 1.63. The zero-order valence-electron chi connectivity index (χ0n) is 15.7. The van der Waals surface area contributed by atoms with Crippen LogP contribution in [0.25, 0.3) is 11.1 Å². The van der Waals surface area contributed by atoms with Gasteiger partial charge in [0, 0.05) is 24.2 Å². The summed E-state index contributed by atoms with van der Waals surface area (Å²) in [6.45, 7) is 2.72. The largest absolute Gasteiger partial charge is 0.496 e. The van der Waals surface area contributed by atoms with Crippen LogP contribution in [0.4, 0.5) is 4.39 Å². The van der Waals surface area contributed by atoms with Gasteiger partial charge in [0.1, 0.15) is 11.6 Å². The molecule has 0 fully saturated rings. The third kappa shape index (κ3) is 4.73. The summed E-state index contributed by atoms with van der Waals surface area (Å²) >= 11 is 0. The van der Waals surface area contributed by atoms with Crippen LogP contribution in [0, 0.1) is 5.82 Å². The minimum absolute atomic E-state index is 0.156. The van der Waals surface area contributed by atoms with Crippen molar-refractivity contribution in [2.24, 2.45) is 5.73 Å². The number of ether oxygens (including phenoxy) is 1. The maximum absolute atomic E-state index is 13.0. The van der Waals surface area contributed by atoms with Crippen LogP contribution in [-0.2, 0) is 0 Å². The van der Waals surface area contributed by atoms with E-state index in [0.717, 1.165) is 22.4 Å². The van der Waals surface area contributed by atoms with E-state index < -0.39 is 0 Å². The quantitative estimate of drug-likeness (QED) is 0.630. The summed E-state index contributed by atoms with van der Waals surface area (Å²) in [7, 11) is 1.68. The van der Waals surface area contributed by atoms with Crippen molar-refractivity contribution in [3.05, 3.63) is 89.7 Å². The van der Waals surface area contributed by atoms with Crippen LogP contribution < -0.4 is 15.8 Å². The molecular formula is C23H25FN2O. The molecular weight excluding hydrogens is 339 g/mol. The van der Waals surface area contributed by atoms with Crippen molar-refractivity contribution in [2.45, 2.75) is 19.0 Å². The van der Waals surface area contributed by atoms with E-state index in [9.17, 15) is 4.39 Å². The average molecular weight is 364 g/mol. The van der Waals surface area contributed by atoms with Crippen LogP contribution in [0.2, 0.25) is 0 Å². The Bertz CT molecular complexity index is 862. The standard InChI is InChI=1S/C23H25FN2O/c1-16(26-15-22(25)19-11-13-20(24)14-12-19)17-7-9-18(10-8-17)21-5-3-4-6-23(21)27-2/h3-14,16,22,26H,15,25H2,1-2H3. The van der Waals surface area contributed by atoms with Crippen molar-refractivity contribution in [1.82, 2.24) is 5.32 Å². The van der Waals surface area contributed by atoms with Crippen molar-refractivity contribution >= 4 is 0 Å². The lowest BCUT2D eigenvalue weighted by atomic mass is 10.0. The van der Waals surface area contributed by atoms with Gasteiger partial charge in [0.05, 0.1) is 7.11 Å². The van der Waals surface area contributed by atoms with E-state index in [-0.39, 0.29) is 17.9 Å². The fraction of sp³-hybridized carbons (Fsp3) is 0.217. The first-order valence-corrected chi connectivity index (χ1v) is 9.06. The molecule has 0 aliphatic rings. The minimum atomic E-state index is -0.248. The average Bonchev–Trinajstić information content (AvgIpc) is 2.72. The predicted octanol–water partition coefficient (Wildman–Crippen LogP) is 4.85. The highest BCUT2D eigenvalue weighted by molar-refractivity contribution is 5.70. The Labute approximate surface area is 160 Å². The number of methoxy groups -OCH3 is 1. The molecule has 4 heteroatoms. The van der Waals surface area contributed by atoms with Crippen LogP contribution in [0.5, 0.6) is 5.75 Å². The molecule has 3 N–H and O–H groups in total. The maximum atomic E-state index is 13.0. The normalized spacial score (nSPS) is 13.2. The molecule has 0 bridgehead atoms. The molecule has 3 nitrogen and oxygen atoms in total. The number of hydrogen-bond donors (Lipinski definition) is 2. The topological polar surface area (TPSA) is 47.3 Å². The predicted molar refractivity (Wildman–Crippen MR) is 108 cm³/mol. The molecule has 0 spiro atoms. The van der Waals surface area contributed by atoms with Gasteiger partial charge in [-0.3, -0.25) is 0 Å². The maximum Gasteiger partial charge on any atom is 0.126 e. The molecule has 0 aromatic heterocycles. The Kier molecular flexibility index (Phi) is 6.22. The van der Waals surface area contributed by atoms with Crippen molar-refractivity contribution in [3.63, 3.8) is 0 Å². The minimum Gasteiger partial charge on any atom is -0.496 e. The number of para-hydroxylation sites is 1. The summed E-state index contributed by atoms with van der Waals surface area (Å²) in [5, 5.41) is 3.45. The first-order valence-electron chi connectivity index (χ1n) is 9.06. The van der Waals surface area contributed by atoms with Crippen LogP contribution in [-0.4, -0.2) is 13.7 Å².